The largest absolute Gasteiger partial charge is 0.494 e. The lowest BCUT2D eigenvalue weighted by Gasteiger charge is -2.12. The summed E-state index contributed by atoms with van der Waals surface area (Å²) in [5.74, 6) is 0.181. The number of hydrogen-bond acceptors (Lipinski definition) is 3. The summed E-state index contributed by atoms with van der Waals surface area (Å²) in [6, 6.07) is 14.4. The van der Waals surface area contributed by atoms with E-state index >= 15 is 0 Å². The molecule has 4 heteroatoms. The molecule has 0 spiro atoms. The zero-order chi connectivity index (χ0) is 14.7. The fourth-order valence-corrected chi connectivity index (χ4v) is 2.31. The van der Waals surface area contributed by atoms with E-state index in [9.17, 15) is 4.39 Å². The summed E-state index contributed by atoms with van der Waals surface area (Å²) in [5, 5.41) is 4.39. The predicted molar refractivity (Wildman–Crippen MR) is 82.0 cm³/mol. The van der Waals surface area contributed by atoms with Gasteiger partial charge < -0.3 is 10.1 Å². The topological polar surface area (TPSA) is 34.1 Å². The third-order valence-corrected chi connectivity index (χ3v) is 3.37. The molecule has 1 aromatic heterocycles. The molecule has 3 nitrogen and oxygen atoms in total. The van der Waals surface area contributed by atoms with Gasteiger partial charge in [0.25, 0.3) is 0 Å². The van der Waals surface area contributed by atoms with Crippen LogP contribution in [0.5, 0.6) is 5.75 Å². The van der Waals surface area contributed by atoms with Crippen molar-refractivity contribution in [2.75, 3.05) is 12.4 Å². The smallest absolute Gasteiger partial charge is 0.144 e. The molecule has 1 heterocycles. The summed E-state index contributed by atoms with van der Waals surface area (Å²) < 4.78 is 18.4. The van der Waals surface area contributed by atoms with Gasteiger partial charge in [0, 0.05) is 24.2 Å². The molecule has 0 saturated carbocycles. The first kappa shape index (κ1) is 13.4. The van der Waals surface area contributed by atoms with Crippen molar-refractivity contribution >= 4 is 16.6 Å². The van der Waals surface area contributed by atoms with Crippen molar-refractivity contribution in [1.82, 2.24) is 4.98 Å². The molecule has 0 amide bonds. The standard InChI is InChI=1S/C17H15FN2O/c1-21-17-10-13(18)6-7-16(17)20-11-12-8-9-19-15-5-3-2-4-14(12)15/h2-10,20H,11H2,1H3. The number of pyridine rings is 1. The molecule has 0 saturated heterocycles. The molecule has 0 aliphatic carbocycles. The van der Waals surface area contributed by atoms with Crippen molar-refractivity contribution in [3.63, 3.8) is 0 Å². The first-order chi connectivity index (χ1) is 10.3. The average Bonchev–Trinajstić information content (AvgIpc) is 2.53. The number of hydrogen-bond donors (Lipinski definition) is 1. The first-order valence-electron chi connectivity index (χ1n) is 6.68. The van der Waals surface area contributed by atoms with Gasteiger partial charge in [-0.15, -0.1) is 0 Å². The van der Waals surface area contributed by atoms with E-state index in [1.54, 1.807) is 12.3 Å². The lowest BCUT2D eigenvalue weighted by Crippen LogP contribution is -2.02. The number of para-hydroxylation sites is 1. The van der Waals surface area contributed by atoms with E-state index in [4.69, 9.17) is 4.74 Å². The quantitative estimate of drug-likeness (QED) is 0.785. The minimum absolute atomic E-state index is 0.313. The first-order valence-corrected chi connectivity index (χ1v) is 6.68. The molecule has 1 N–H and O–H groups in total. The highest BCUT2D eigenvalue weighted by Gasteiger charge is 2.06. The molecule has 106 valence electrons. The fraction of sp³-hybridized carbons (Fsp3) is 0.118. The van der Waals surface area contributed by atoms with Gasteiger partial charge in [-0.25, -0.2) is 4.39 Å². The van der Waals surface area contributed by atoms with Gasteiger partial charge in [0.15, 0.2) is 0 Å². The summed E-state index contributed by atoms with van der Waals surface area (Å²) in [6.45, 7) is 0.616. The monoisotopic (exact) mass is 282 g/mol. The summed E-state index contributed by atoms with van der Waals surface area (Å²) in [7, 11) is 1.53. The second-order valence-corrected chi connectivity index (χ2v) is 4.69. The molecule has 0 atom stereocenters. The normalized spacial score (nSPS) is 10.6. The lowest BCUT2D eigenvalue weighted by molar-refractivity contribution is 0.413. The van der Waals surface area contributed by atoms with E-state index in [-0.39, 0.29) is 5.82 Å². The van der Waals surface area contributed by atoms with Crippen LogP contribution in [0.2, 0.25) is 0 Å². The van der Waals surface area contributed by atoms with Crippen LogP contribution in [0.1, 0.15) is 5.56 Å². The highest BCUT2D eigenvalue weighted by atomic mass is 19.1. The maximum atomic E-state index is 13.2. The summed E-state index contributed by atoms with van der Waals surface area (Å²) >= 11 is 0. The Morgan fingerprint density at radius 2 is 2.00 bits per heavy atom. The minimum atomic E-state index is -0.313. The van der Waals surface area contributed by atoms with Crippen molar-refractivity contribution in [3.8, 4) is 5.75 Å². The maximum absolute atomic E-state index is 13.2. The van der Waals surface area contributed by atoms with Crippen LogP contribution in [0, 0.1) is 5.82 Å². The number of fused-ring (bicyclic) bond motifs is 1. The van der Waals surface area contributed by atoms with E-state index in [2.05, 4.69) is 10.3 Å². The molecule has 21 heavy (non-hydrogen) atoms. The van der Waals surface area contributed by atoms with Gasteiger partial charge in [-0.2, -0.15) is 0 Å². The molecular formula is C17H15FN2O. The van der Waals surface area contributed by atoms with Crippen LogP contribution < -0.4 is 10.1 Å². The Balaban J connectivity index is 1.87. The number of ether oxygens (including phenoxy) is 1. The molecule has 3 aromatic rings. The van der Waals surface area contributed by atoms with Gasteiger partial charge in [-0.3, -0.25) is 4.98 Å². The van der Waals surface area contributed by atoms with Gasteiger partial charge in [-0.05, 0) is 29.8 Å². The molecule has 0 bridgehead atoms. The minimum Gasteiger partial charge on any atom is -0.494 e. The molecule has 2 aromatic carbocycles. The summed E-state index contributed by atoms with van der Waals surface area (Å²) in [4.78, 5) is 4.34. The fourth-order valence-electron chi connectivity index (χ4n) is 2.31. The number of aromatic nitrogens is 1. The third kappa shape index (κ3) is 2.79. The second kappa shape index (κ2) is 5.79. The van der Waals surface area contributed by atoms with Gasteiger partial charge in [-0.1, -0.05) is 18.2 Å². The van der Waals surface area contributed by atoms with E-state index in [0.717, 1.165) is 22.2 Å². The number of methoxy groups -OCH3 is 1. The maximum Gasteiger partial charge on any atom is 0.144 e. The van der Waals surface area contributed by atoms with Gasteiger partial charge in [0.05, 0.1) is 18.3 Å². The Kier molecular flexibility index (Phi) is 3.69. The number of nitrogens with zero attached hydrogens (tertiary/aromatic N) is 1. The third-order valence-electron chi connectivity index (χ3n) is 3.37. The van der Waals surface area contributed by atoms with Crippen LogP contribution in [0.3, 0.4) is 0 Å². The van der Waals surface area contributed by atoms with Crippen LogP contribution >= 0.6 is 0 Å². The lowest BCUT2D eigenvalue weighted by atomic mass is 10.1. The molecule has 0 fully saturated rings. The molecule has 3 rings (SSSR count). The van der Waals surface area contributed by atoms with E-state index in [1.807, 2.05) is 30.3 Å². The molecular weight excluding hydrogens is 267 g/mol. The molecule has 0 unspecified atom stereocenters. The van der Waals surface area contributed by atoms with Gasteiger partial charge in [0.1, 0.15) is 11.6 Å². The summed E-state index contributed by atoms with van der Waals surface area (Å²) in [6.07, 6.45) is 1.79. The zero-order valence-corrected chi connectivity index (χ0v) is 11.6. The SMILES string of the molecule is COc1cc(F)ccc1NCc1ccnc2ccccc12. The van der Waals surface area contributed by atoms with Crippen molar-refractivity contribution in [3.05, 3.63) is 66.1 Å². The average molecular weight is 282 g/mol. The van der Waals surface area contributed by atoms with E-state index in [0.29, 0.717) is 12.3 Å². The Hall–Kier alpha value is -2.62. The number of halogens is 1. The van der Waals surface area contributed by atoms with Crippen molar-refractivity contribution in [1.29, 1.82) is 0 Å². The highest BCUT2D eigenvalue weighted by molar-refractivity contribution is 5.82. The molecule has 0 aliphatic heterocycles. The Morgan fingerprint density at radius 1 is 1.14 bits per heavy atom. The van der Waals surface area contributed by atoms with Crippen LogP contribution in [-0.2, 0) is 6.54 Å². The Labute approximate surface area is 122 Å². The molecule has 0 aliphatic rings. The highest BCUT2D eigenvalue weighted by Crippen LogP contribution is 2.26. The van der Waals surface area contributed by atoms with E-state index < -0.39 is 0 Å². The van der Waals surface area contributed by atoms with Crippen LogP contribution in [0.25, 0.3) is 10.9 Å². The Bertz CT molecular complexity index is 768. The van der Waals surface area contributed by atoms with Crippen molar-refractivity contribution in [2.45, 2.75) is 6.54 Å². The number of benzene rings is 2. The van der Waals surface area contributed by atoms with Crippen LogP contribution in [0.4, 0.5) is 10.1 Å². The van der Waals surface area contributed by atoms with Gasteiger partial charge >= 0.3 is 0 Å². The van der Waals surface area contributed by atoms with Crippen LogP contribution in [0.15, 0.2) is 54.7 Å². The zero-order valence-electron chi connectivity index (χ0n) is 11.6. The van der Waals surface area contributed by atoms with Crippen molar-refractivity contribution < 1.29 is 9.13 Å². The Morgan fingerprint density at radius 3 is 2.86 bits per heavy atom. The predicted octanol–water partition coefficient (Wildman–Crippen LogP) is 3.99. The van der Waals surface area contributed by atoms with E-state index in [1.165, 1.54) is 19.2 Å². The van der Waals surface area contributed by atoms with Gasteiger partial charge in [0.2, 0.25) is 0 Å². The molecule has 0 radical (unpaired) electrons. The number of anilines is 1. The number of rotatable bonds is 4. The van der Waals surface area contributed by atoms with Crippen molar-refractivity contribution in [2.24, 2.45) is 0 Å². The van der Waals surface area contributed by atoms with Crippen LogP contribution in [-0.4, -0.2) is 12.1 Å². The second-order valence-electron chi connectivity index (χ2n) is 4.69. The summed E-state index contributed by atoms with van der Waals surface area (Å²) in [5.41, 5.74) is 2.86. The number of nitrogens with one attached hydrogen (secondary N) is 1.